The Kier molecular flexibility index (Phi) is 4.39. The Hall–Kier alpha value is -1.88. The molecule has 2 unspecified atom stereocenters. The van der Waals surface area contributed by atoms with Crippen molar-refractivity contribution in [2.45, 2.75) is 38.2 Å². The van der Waals surface area contributed by atoms with E-state index in [1.54, 1.807) is 4.90 Å². The van der Waals surface area contributed by atoms with Gasteiger partial charge >= 0.3 is 0 Å². The SMILES string of the molecule is NC(=O)C(Cc1ccccc1)CC(O)CN1CCC2(CC2)C1=O. The highest BCUT2D eigenvalue weighted by atomic mass is 16.3. The maximum absolute atomic E-state index is 12.3. The minimum Gasteiger partial charge on any atom is -0.391 e. The summed E-state index contributed by atoms with van der Waals surface area (Å²) in [6.07, 6.45) is 2.97. The summed E-state index contributed by atoms with van der Waals surface area (Å²) in [4.78, 5) is 25.7. The number of hydrogen-bond acceptors (Lipinski definition) is 3. The van der Waals surface area contributed by atoms with Crippen LogP contribution in [-0.4, -0.2) is 41.0 Å². The van der Waals surface area contributed by atoms with Crippen molar-refractivity contribution in [2.24, 2.45) is 17.1 Å². The number of likely N-dealkylation sites (tertiary alicyclic amines) is 1. The zero-order chi connectivity index (χ0) is 16.4. The lowest BCUT2D eigenvalue weighted by molar-refractivity contribution is -0.133. The zero-order valence-electron chi connectivity index (χ0n) is 13.3. The topological polar surface area (TPSA) is 83.6 Å². The average Bonchev–Trinajstić information content (AvgIpc) is 3.26. The number of amides is 2. The third kappa shape index (κ3) is 3.55. The second-order valence-corrected chi connectivity index (χ2v) is 6.96. The number of benzene rings is 1. The molecule has 124 valence electrons. The summed E-state index contributed by atoms with van der Waals surface area (Å²) in [5, 5.41) is 10.3. The van der Waals surface area contributed by atoms with Gasteiger partial charge in [0.2, 0.25) is 11.8 Å². The van der Waals surface area contributed by atoms with Crippen LogP contribution in [0, 0.1) is 11.3 Å². The van der Waals surface area contributed by atoms with E-state index < -0.39 is 17.9 Å². The number of hydrogen-bond donors (Lipinski definition) is 2. The van der Waals surface area contributed by atoms with E-state index in [1.165, 1.54) is 0 Å². The summed E-state index contributed by atoms with van der Waals surface area (Å²) in [5.74, 6) is -0.644. The number of rotatable bonds is 7. The van der Waals surface area contributed by atoms with Gasteiger partial charge in [0.25, 0.3) is 0 Å². The number of aliphatic hydroxyl groups is 1. The van der Waals surface area contributed by atoms with E-state index in [0.29, 0.717) is 19.4 Å². The Morgan fingerprint density at radius 3 is 2.52 bits per heavy atom. The molecule has 0 bridgehead atoms. The van der Waals surface area contributed by atoms with Gasteiger partial charge in [0.15, 0.2) is 0 Å². The molecule has 1 spiro atoms. The first-order chi connectivity index (χ1) is 11.0. The summed E-state index contributed by atoms with van der Waals surface area (Å²) in [6.45, 7) is 1.02. The van der Waals surface area contributed by atoms with Gasteiger partial charge in [0, 0.05) is 19.0 Å². The monoisotopic (exact) mass is 316 g/mol. The first-order valence-corrected chi connectivity index (χ1v) is 8.31. The zero-order valence-corrected chi connectivity index (χ0v) is 13.3. The molecule has 1 heterocycles. The average molecular weight is 316 g/mol. The van der Waals surface area contributed by atoms with Gasteiger partial charge in [0.05, 0.1) is 11.5 Å². The number of nitrogens with zero attached hydrogens (tertiary/aromatic N) is 1. The number of aliphatic hydroxyl groups excluding tert-OH is 1. The second-order valence-electron chi connectivity index (χ2n) is 6.96. The fourth-order valence-electron chi connectivity index (χ4n) is 3.54. The van der Waals surface area contributed by atoms with Crippen molar-refractivity contribution in [2.75, 3.05) is 13.1 Å². The largest absolute Gasteiger partial charge is 0.391 e. The van der Waals surface area contributed by atoms with E-state index in [2.05, 4.69) is 0 Å². The lowest BCUT2D eigenvalue weighted by Crippen LogP contribution is -2.38. The standard InChI is InChI=1S/C18H24N2O3/c19-16(22)14(10-13-4-2-1-3-5-13)11-15(21)12-20-9-8-18(6-7-18)17(20)23/h1-5,14-15,21H,6-12H2,(H2,19,22). The van der Waals surface area contributed by atoms with Gasteiger partial charge in [-0.25, -0.2) is 0 Å². The van der Waals surface area contributed by atoms with Crippen LogP contribution in [0.5, 0.6) is 0 Å². The molecule has 1 aromatic carbocycles. The van der Waals surface area contributed by atoms with E-state index in [1.807, 2.05) is 30.3 Å². The van der Waals surface area contributed by atoms with Crippen molar-refractivity contribution in [3.63, 3.8) is 0 Å². The quantitative estimate of drug-likeness (QED) is 0.790. The fourth-order valence-corrected chi connectivity index (χ4v) is 3.54. The second kappa shape index (κ2) is 6.32. The molecular weight excluding hydrogens is 292 g/mol. The van der Waals surface area contributed by atoms with Crippen LogP contribution in [0.4, 0.5) is 0 Å². The van der Waals surface area contributed by atoms with E-state index >= 15 is 0 Å². The maximum atomic E-state index is 12.3. The summed E-state index contributed by atoms with van der Waals surface area (Å²) in [5.41, 5.74) is 6.41. The summed E-state index contributed by atoms with van der Waals surface area (Å²) < 4.78 is 0. The summed E-state index contributed by atoms with van der Waals surface area (Å²) >= 11 is 0. The smallest absolute Gasteiger partial charge is 0.228 e. The predicted octanol–water partition coefficient (Wildman–Crippen LogP) is 1.09. The predicted molar refractivity (Wildman–Crippen MR) is 86.3 cm³/mol. The van der Waals surface area contributed by atoms with Gasteiger partial charge in [0.1, 0.15) is 0 Å². The minimum atomic E-state index is -0.714. The van der Waals surface area contributed by atoms with E-state index in [4.69, 9.17) is 5.73 Å². The Bertz CT molecular complexity index is 583. The number of carbonyl (C=O) groups is 2. The van der Waals surface area contributed by atoms with Gasteiger partial charge < -0.3 is 15.7 Å². The van der Waals surface area contributed by atoms with Crippen molar-refractivity contribution in [3.8, 4) is 0 Å². The summed E-state index contributed by atoms with van der Waals surface area (Å²) in [7, 11) is 0. The molecule has 1 aromatic rings. The molecule has 5 heteroatoms. The molecule has 3 rings (SSSR count). The van der Waals surface area contributed by atoms with Crippen molar-refractivity contribution >= 4 is 11.8 Å². The molecule has 2 atom stereocenters. The molecule has 1 saturated carbocycles. The molecule has 1 saturated heterocycles. The molecule has 23 heavy (non-hydrogen) atoms. The van der Waals surface area contributed by atoms with Crippen LogP contribution in [0.15, 0.2) is 30.3 Å². The van der Waals surface area contributed by atoms with Crippen LogP contribution < -0.4 is 5.73 Å². The minimum absolute atomic E-state index is 0.104. The molecule has 2 aliphatic rings. The normalized spacial score (nSPS) is 21.4. The highest BCUT2D eigenvalue weighted by Crippen LogP contribution is 2.53. The van der Waals surface area contributed by atoms with Crippen molar-refractivity contribution in [1.29, 1.82) is 0 Å². The van der Waals surface area contributed by atoms with Gasteiger partial charge in [-0.15, -0.1) is 0 Å². The van der Waals surface area contributed by atoms with Crippen LogP contribution in [0.25, 0.3) is 0 Å². The van der Waals surface area contributed by atoms with Crippen LogP contribution >= 0.6 is 0 Å². The third-order valence-corrected chi connectivity index (χ3v) is 5.17. The molecule has 0 radical (unpaired) electrons. The highest BCUT2D eigenvalue weighted by Gasteiger charge is 2.55. The lowest BCUT2D eigenvalue weighted by atomic mass is 9.93. The van der Waals surface area contributed by atoms with Crippen LogP contribution in [0.3, 0.4) is 0 Å². The molecule has 0 aromatic heterocycles. The number of β-amino-alcohol motifs (C(OH)–C–C–N with tert-alkyl or cyclic N) is 1. The van der Waals surface area contributed by atoms with Gasteiger partial charge in [-0.3, -0.25) is 9.59 Å². The Balaban J connectivity index is 1.55. The molecule has 2 fully saturated rings. The molecular formula is C18H24N2O3. The Labute approximate surface area is 136 Å². The number of carbonyl (C=O) groups excluding carboxylic acids is 2. The van der Waals surface area contributed by atoms with E-state index in [9.17, 15) is 14.7 Å². The summed E-state index contributed by atoms with van der Waals surface area (Å²) in [6, 6.07) is 9.65. The van der Waals surface area contributed by atoms with Crippen molar-refractivity contribution in [1.82, 2.24) is 4.90 Å². The molecule has 1 aliphatic carbocycles. The lowest BCUT2D eigenvalue weighted by Gasteiger charge is -2.23. The third-order valence-electron chi connectivity index (χ3n) is 5.17. The Morgan fingerprint density at radius 1 is 1.26 bits per heavy atom. The maximum Gasteiger partial charge on any atom is 0.228 e. The van der Waals surface area contributed by atoms with Crippen LogP contribution in [0.1, 0.15) is 31.2 Å². The first-order valence-electron chi connectivity index (χ1n) is 8.31. The number of nitrogens with two attached hydrogens (primary N) is 1. The van der Waals surface area contributed by atoms with E-state index in [-0.39, 0.29) is 11.3 Å². The van der Waals surface area contributed by atoms with Gasteiger partial charge in [-0.05, 0) is 37.7 Å². The van der Waals surface area contributed by atoms with Crippen LogP contribution in [-0.2, 0) is 16.0 Å². The molecule has 3 N–H and O–H groups in total. The number of primary amides is 1. The van der Waals surface area contributed by atoms with E-state index in [0.717, 1.165) is 31.4 Å². The van der Waals surface area contributed by atoms with Crippen LogP contribution in [0.2, 0.25) is 0 Å². The fraction of sp³-hybridized carbons (Fsp3) is 0.556. The van der Waals surface area contributed by atoms with Crippen molar-refractivity contribution in [3.05, 3.63) is 35.9 Å². The van der Waals surface area contributed by atoms with Gasteiger partial charge in [-0.1, -0.05) is 30.3 Å². The molecule has 5 nitrogen and oxygen atoms in total. The Morgan fingerprint density at radius 2 is 1.96 bits per heavy atom. The highest BCUT2D eigenvalue weighted by molar-refractivity contribution is 5.87. The molecule has 2 amide bonds. The van der Waals surface area contributed by atoms with Crippen molar-refractivity contribution < 1.29 is 14.7 Å². The first kappa shape index (κ1) is 16.0. The van der Waals surface area contributed by atoms with Gasteiger partial charge in [-0.2, -0.15) is 0 Å². The molecule has 1 aliphatic heterocycles.